The molecule has 1 aromatic carbocycles. The standard InChI is InChI=1S/C14H17N3OS/c18-13(15-8-9-19)10-12(14-16-6-7-17-14)11-4-2-1-3-5-11/h1-7,12,19H,8-10H2,(H,15,18)(H,16,17). The van der Waals surface area contributed by atoms with Crippen molar-refractivity contribution in [3.05, 3.63) is 54.1 Å². The summed E-state index contributed by atoms with van der Waals surface area (Å²) in [6.07, 6.45) is 3.86. The predicted molar refractivity (Wildman–Crippen MR) is 78.4 cm³/mol. The SMILES string of the molecule is O=C(CC(c1ccccc1)c1ncc[nH]1)NCCS. The van der Waals surface area contributed by atoms with Crippen LogP contribution in [0.3, 0.4) is 0 Å². The van der Waals surface area contributed by atoms with E-state index < -0.39 is 0 Å². The number of nitrogens with zero attached hydrogens (tertiary/aromatic N) is 1. The quantitative estimate of drug-likeness (QED) is 0.706. The molecule has 0 aliphatic rings. The van der Waals surface area contributed by atoms with Gasteiger partial charge in [-0.05, 0) is 5.56 Å². The summed E-state index contributed by atoms with van der Waals surface area (Å²) in [4.78, 5) is 19.3. The highest BCUT2D eigenvalue weighted by Crippen LogP contribution is 2.24. The molecular formula is C14H17N3OS. The maximum absolute atomic E-state index is 11.9. The number of carbonyl (C=O) groups is 1. The van der Waals surface area contributed by atoms with Gasteiger partial charge in [-0.15, -0.1) is 0 Å². The van der Waals surface area contributed by atoms with Crippen molar-refractivity contribution in [2.24, 2.45) is 0 Å². The van der Waals surface area contributed by atoms with E-state index in [9.17, 15) is 4.79 Å². The van der Waals surface area contributed by atoms with Crippen LogP contribution in [0, 0.1) is 0 Å². The van der Waals surface area contributed by atoms with Gasteiger partial charge in [0, 0.05) is 31.1 Å². The van der Waals surface area contributed by atoms with E-state index in [4.69, 9.17) is 0 Å². The monoisotopic (exact) mass is 275 g/mol. The van der Waals surface area contributed by atoms with Crippen molar-refractivity contribution in [1.82, 2.24) is 15.3 Å². The maximum Gasteiger partial charge on any atom is 0.221 e. The number of aromatic amines is 1. The Hall–Kier alpha value is -1.75. The van der Waals surface area contributed by atoms with E-state index in [0.717, 1.165) is 11.4 Å². The molecule has 1 amide bonds. The lowest BCUT2D eigenvalue weighted by Gasteiger charge is -2.15. The Morgan fingerprint density at radius 3 is 2.79 bits per heavy atom. The third-order valence-electron chi connectivity index (χ3n) is 2.87. The van der Waals surface area contributed by atoms with Gasteiger partial charge in [0.15, 0.2) is 0 Å². The number of nitrogens with one attached hydrogen (secondary N) is 2. The van der Waals surface area contributed by atoms with Gasteiger partial charge in [-0.1, -0.05) is 30.3 Å². The second-order valence-corrected chi connectivity index (χ2v) is 4.66. The molecule has 1 aromatic heterocycles. The molecule has 4 nitrogen and oxygen atoms in total. The lowest BCUT2D eigenvalue weighted by Crippen LogP contribution is -2.27. The van der Waals surface area contributed by atoms with Crippen LogP contribution in [0.25, 0.3) is 0 Å². The van der Waals surface area contributed by atoms with E-state index in [1.807, 2.05) is 30.3 Å². The average molecular weight is 275 g/mol. The Bertz CT molecular complexity index is 499. The van der Waals surface area contributed by atoms with Crippen molar-refractivity contribution in [3.63, 3.8) is 0 Å². The summed E-state index contributed by atoms with van der Waals surface area (Å²) in [5, 5.41) is 2.84. The number of carbonyl (C=O) groups excluding carboxylic acids is 1. The number of imidazole rings is 1. The Morgan fingerprint density at radius 1 is 1.37 bits per heavy atom. The van der Waals surface area contributed by atoms with Gasteiger partial charge < -0.3 is 10.3 Å². The fourth-order valence-corrected chi connectivity index (χ4v) is 2.09. The van der Waals surface area contributed by atoms with Gasteiger partial charge in [-0.25, -0.2) is 4.98 Å². The smallest absolute Gasteiger partial charge is 0.221 e. The van der Waals surface area contributed by atoms with Gasteiger partial charge >= 0.3 is 0 Å². The van der Waals surface area contributed by atoms with E-state index in [-0.39, 0.29) is 11.8 Å². The molecule has 19 heavy (non-hydrogen) atoms. The molecule has 1 unspecified atom stereocenters. The summed E-state index contributed by atoms with van der Waals surface area (Å²) in [5.41, 5.74) is 1.08. The van der Waals surface area contributed by atoms with Crippen LogP contribution < -0.4 is 5.32 Å². The van der Waals surface area contributed by atoms with E-state index in [0.29, 0.717) is 18.7 Å². The van der Waals surface area contributed by atoms with Gasteiger partial charge in [0.05, 0.1) is 5.92 Å². The first-order valence-electron chi connectivity index (χ1n) is 6.23. The molecule has 2 N–H and O–H groups in total. The molecule has 0 aliphatic heterocycles. The van der Waals surface area contributed by atoms with Crippen molar-refractivity contribution < 1.29 is 4.79 Å². The molecule has 0 saturated carbocycles. The number of hydrogen-bond acceptors (Lipinski definition) is 3. The molecule has 0 spiro atoms. The minimum Gasteiger partial charge on any atom is -0.355 e. The predicted octanol–water partition coefficient (Wildman–Crippen LogP) is 1.98. The molecular weight excluding hydrogens is 258 g/mol. The van der Waals surface area contributed by atoms with Crippen LogP contribution in [0.5, 0.6) is 0 Å². The minimum atomic E-state index is -0.0453. The molecule has 100 valence electrons. The summed E-state index contributed by atoms with van der Waals surface area (Å²) in [6.45, 7) is 0.585. The second kappa shape index (κ2) is 6.99. The highest BCUT2D eigenvalue weighted by molar-refractivity contribution is 7.80. The summed E-state index contributed by atoms with van der Waals surface area (Å²) in [5.74, 6) is 1.42. The van der Waals surface area contributed by atoms with E-state index in [1.54, 1.807) is 12.4 Å². The lowest BCUT2D eigenvalue weighted by atomic mass is 9.94. The van der Waals surface area contributed by atoms with Crippen molar-refractivity contribution >= 4 is 18.5 Å². The van der Waals surface area contributed by atoms with Gasteiger partial charge in [-0.3, -0.25) is 4.79 Å². The van der Waals surface area contributed by atoms with Gasteiger partial charge in [0.1, 0.15) is 5.82 Å². The van der Waals surface area contributed by atoms with Crippen LogP contribution in [0.1, 0.15) is 23.7 Å². The Kier molecular flexibility index (Phi) is 5.03. The Balaban J connectivity index is 2.14. The molecule has 2 rings (SSSR count). The zero-order valence-corrected chi connectivity index (χ0v) is 11.4. The minimum absolute atomic E-state index is 0.0132. The summed E-state index contributed by atoms with van der Waals surface area (Å²) in [7, 11) is 0. The molecule has 2 aromatic rings. The molecule has 0 fully saturated rings. The fraction of sp³-hybridized carbons (Fsp3) is 0.286. The highest BCUT2D eigenvalue weighted by Gasteiger charge is 2.19. The number of hydrogen-bond donors (Lipinski definition) is 3. The topological polar surface area (TPSA) is 57.8 Å². The Labute approximate surface area is 118 Å². The first-order chi connectivity index (χ1) is 9.31. The number of amides is 1. The second-order valence-electron chi connectivity index (χ2n) is 4.22. The van der Waals surface area contributed by atoms with Gasteiger partial charge in [-0.2, -0.15) is 12.6 Å². The molecule has 1 heterocycles. The van der Waals surface area contributed by atoms with Crippen molar-refractivity contribution in [2.75, 3.05) is 12.3 Å². The summed E-state index contributed by atoms with van der Waals surface area (Å²) >= 11 is 4.08. The molecule has 1 atom stereocenters. The number of benzene rings is 1. The molecule has 0 radical (unpaired) electrons. The highest BCUT2D eigenvalue weighted by atomic mass is 32.1. The van der Waals surface area contributed by atoms with Crippen LogP contribution in [0.2, 0.25) is 0 Å². The van der Waals surface area contributed by atoms with Gasteiger partial charge in [0.2, 0.25) is 5.91 Å². The lowest BCUT2D eigenvalue weighted by molar-refractivity contribution is -0.121. The van der Waals surface area contributed by atoms with Crippen LogP contribution in [0.15, 0.2) is 42.7 Å². The van der Waals surface area contributed by atoms with Crippen molar-refractivity contribution in [1.29, 1.82) is 0 Å². The van der Waals surface area contributed by atoms with Crippen molar-refractivity contribution in [3.8, 4) is 0 Å². The van der Waals surface area contributed by atoms with E-state index in [2.05, 4.69) is 27.9 Å². The third kappa shape index (κ3) is 3.86. The molecule has 5 heteroatoms. The molecule has 0 saturated heterocycles. The van der Waals surface area contributed by atoms with E-state index >= 15 is 0 Å². The number of aromatic nitrogens is 2. The molecule has 0 aliphatic carbocycles. The van der Waals surface area contributed by atoms with Crippen LogP contribution in [-0.4, -0.2) is 28.2 Å². The normalized spacial score (nSPS) is 12.1. The van der Waals surface area contributed by atoms with Crippen molar-refractivity contribution in [2.45, 2.75) is 12.3 Å². The average Bonchev–Trinajstić information content (AvgIpc) is 2.97. The zero-order valence-electron chi connectivity index (χ0n) is 10.5. The van der Waals surface area contributed by atoms with Crippen LogP contribution in [-0.2, 0) is 4.79 Å². The van der Waals surface area contributed by atoms with Crippen LogP contribution in [0.4, 0.5) is 0 Å². The first-order valence-corrected chi connectivity index (χ1v) is 6.86. The molecule has 0 bridgehead atoms. The summed E-state index contributed by atoms with van der Waals surface area (Å²) < 4.78 is 0. The largest absolute Gasteiger partial charge is 0.355 e. The maximum atomic E-state index is 11.9. The summed E-state index contributed by atoms with van der Waals surface area (Å²) in [6, 6.07) is 9.93. The van der Waals surface area contributed by atoms with Crippen LogP contribution >= 0.6 is 12.6 Å². The first kappa shape index (κ1) is 13.7. The third-order valence-corrected chi connectivity index (χ3v) is 3.10. The number of thiol groups is 1. The number of H-pyrrole nitrogens is 1. The zero-order chi connectivity index (χ0) is 13.5. The fourth-order valence-electron chi connectivity index (χ4n) is 1.98. The number of rotatable bonds is 6. The van der Waals surface area contributed by atoms with E-state index in [1.165, 1.54) is 0 Å². The Morgan fingerprint density at radius 2 is 2.16 bits per heavy atom. The van der Waals surface area contributed by atoms with Gasteiger partial charge in [0.25, 0.3) is 0 Å².